The first-order valence-electron chi connectivity index (χ1n) is 9.94. The van der Waals surface area contributed by atoms with Gasteiger partial charge in [0, 0.05) is 29.6 Å². The molecule has 0 aliphatic rings. The Bertz CT molecular complexity index is 1060. The first kappa shape index (κ1) is 21.2. The smallest absolute Gasteiger partial charge is 0.248 e. The van der Waals surface area contributed by atoms with E-state index < -0.39 is 0 Å². The summed E-state index contributed by atoms with van der Waals surface area (Å²) < 4.78 is 18.3. The Balaban J connectivity index is 1.79. The summed E-state index contributed by atoms with van der Waals surface area (Å²) in [6.45, 7) is 10.7. The summed E-state index contributed by atoms with van der Waals surface area (Å²) in [5.74, 6) is 2.48. The summed E-state index contributed by atoms with van der Waals surface area (Å²) in [4.78, 5) is 12.6. The van der Waals surface area contributed by atoms with Gasteiger partial charge in [0.05, 0.1) is 18.9 Å². The quantitative estimate of drug-likeness (QED) is 0.539. The highest BCUT2D eigenvalue weighted by atomic mass is 16.5. The normalized spacial score (nSPS) is 11.1. The van der Waals surface area contributed by atoms with E-state index in [1.165, 1.54) is 6.08 Å². The predicted molar refractivity (Wildman–Crippen MR) is 116 cm³/mol. The van der Waals surface area contributed by atoms with E-state index in [2.05, 4.69) is 10.5 Å². The van der Waals surface area contributed by atoms with Crippen LogP contribution in [0, 0.1) is 20.8 Å². The summed E-state index contributed by atoms with van der Waals surface area (Å²) in [6, 6.07) is 9.26. The van der Waals surface area contributed by atoms with Crippen LogP contribution in [0.3, 0.4) is 0 Å². The molecular formula is C23H27N3O4. The Morgan fingerprint density at radius 2 is 1.90 bits per heavy atom. The van der Waals surface area contributed by atoms with Crippen molar-refractivity contribution >= 4 is 17.7 Å². The zero-order valence-corrected chi connectivity index (χ0v) is 18.0. The Kier molecular flexibility index (Phi) is 6.61. The molecule has 0 atom stereocenters. The number of aromatic nitrogens is 2. The first-order valence-corrected chi connectivity index (χ1v) is 9.94. The van der Waals surface area contributed by atoms with Gasteiger partial charge in [0.1, 0.15) is 17.3 Å². The van der Waals surface area contributed by atoms with Gasteiger partial charge >= 0.3 is 0 Å². The predicted octanol–water partition coefficient (Wildman–Crippen LogP) is 4.84. The molecule has 7 nitrogen and oxygen atoms in total. The molecular weight excluding hydrogens is 382 g/mol. The van der Waals surface area contributed by atoms with Gasteiger partial charge in [-0.1, -0.05) is 5.16 Å². The fraction of sp³-hybridized carbons (Fsp3) is 0.304. The maximum Gasteiger partial charge on any atom is 0.248 e. The number of nitrogens with one attached hydrogen (secondary N) is 1. The lowest BCUT2D eigenvalue weighted by atomic mass is 10.2. The molecule has 0 radical (unpaired) electrons. The second kappa shape index (κ2) is 9.35. The molecule has 2 heterocycles. The molecule has 0 bridgehead atoms. The van der Waals surface area contributed by atoms with Crippen LogP contribution in [0.4, 0.5) is 5.69 Å². The topological polar surface area (TPSA) is 78.5 Å². The molecule has 3 aromatic rings. The molecule has 158 valence electrons. The van der Waals surface area contributed by atoms with Crippen LogP contribution in [0.1, 0.15) is 36.6 Å². The SMILES string of the molecule is CCOc1ccc(OCC)c(NC(=O)/C=C/c2cc(C)n(-c3cc(C)on3)c2C)c1. The number of benzene rings is 1. The zero-order chi connectivity index (χ0) is 21.7. The minimum absolute atomic E-state index is 0.258. The Hall–Kier alpha value is -3.48. The largest absolute Gasteiger partial charge is 0.494 e. The average Bonchev–Trinajstić information content (AvgIpc) is 3.24. The van der Waals surface area contributed by atoms with Gasteiger partial charge < -0.3 is 19.3 Å². The Labute approximate surface area is 176 Å². The van der Waals surface area contributed by atoms with Gasteiger partial charge in [-0.2, -0.15) is 0 Å². The van der Waals surface area contributed by atoms with Crippen molar-refractivity contribution in [1.29, 1.82) is 0 Å². The van der Waals surface area contributed by atoms with Crippen LogP contribution in [-0.2, 0) is 4.79 Å². The number of rotatable bonds is 8. The third kappa shape index (κ3) is 4.74. The highest BCUT2D eigenvalue weighted by Crippen LogP contribution is 2.29. The summed E-state index contributed by atoms with van der Waals surface area (Å²) in [5, 5.41) is 6.96. The van der Waals surface area contributed by atoms with E-state index in [9.17, 15) is 4.79 Å². The second-order valence-electron chi connectivity index (χ2n) is 6.80. The minimum Gasteiger partial charge on any atom is -0.494 e. The fourth-order valence-electron chi connectivity index (χ4n) is 3.25. The fourth-order valence-corrected chi connectivity index (χ4v) is 3.25. The van der Waals surface area contributed by atoms with E-state index in [1.54, 1.807) is 18.2 Å². The molecule has 1 amide bonds. The van der Waals surface area contributed by atoms with Crippen LogP contribution in [0.15, 0.2) is 40.9 Å². The van der Waals surface area contributed by atoms with Crippen molar-refractivity contribution in [2.24, 2.45) is 0 Å². The van der Waals surface area contributed by atoms with Gasteiger partial charge in [0.15, 0.2) is 5.82 Å². The average molecular weight is 409 g/mol. The monoisotopic (exact) mass is 409 g/mol. The standard InChI is InChI=1S/C23H27N3O4/c1-6-28-19-9-10-21(29-7-2)20(14-19)24-23(27)11-8-18-12-15(3)26(17(18)5)22-13-16(4)30-25-22/h8-14H,6-7H2,1-5H3,(H,24,27)/b11-8+. The number of hydrogen-bond donors (Lipinski definition) is 1. The zero-order valence-electron chi connectivity index (χ0n) is 18.0. The molecule has 1 aromatic carbocycles. The number of amides is 1. The van der Waals surface area contributed by atoms with Crippen LogP contribution < -0.4 is 14.8 Å². The van der Waals surface area contributed by atoms with E-state index in [1.807, 2.05) is 57.4 Å². The van der Waals surface area contributed by atoms with E-state index in [0.29, 0.717) is 30.4 Å². The number of ether oxygens (including phenoxy) is 2. The van der Waals surface area contributed by atoms with Crippen molar-refractivity contribution < 1.29 is 18.8 Å². The maximum atomic E-state index is 12.6. The summed E-state index contributed by atoms with van der Waals surface area (Å²) >= 11 is 0. The van der Waals surface area contributed by atoms with E-state index in [0.717, 1.165) is 28.5 Å². The minimum atomic E-state index is -0.258. The third-order valence-electron chi connectivity index (χ3n) is 4.55. The van der Waals surface area contributed by atoms with Gasteiger partial charge in [-0.3, -0.25) is 9.36 Å². The van der Waals surface area contributed by atoms with Crippen molar-refractivity contribution in [3.63, 3.8) is 0 Å². The molecule has 2 aromatic heterocycles. The lowest BCUT2D eigenvalue weighted by Gasteiger charge is -2.12. The number of anilines is 1. The van der Waals surface area contributed by atoms with E-state index in [4.69, 9.17) is 14.0 Å². The van der Waals surface area contributed by atoms with Gasteiger partial charge in [0.25, 0.3) is 0 Å². The van der Waals surface area contributed by atoms with Crippen LogP contribution >= 0.6 is 0 Å². The Morgan fingerprint density at radius 1 is 1.13 bits per heavy atom. The van der Waals surface area contributed by atoms with Gasteiger partial charge in [-0.05, 0) is 64.5 Å². The lowest BCUT2D eigenvalue weighted by Crippen LogP contribution is -2.10. The lowest BCUT2D eigenvalue weighted by molar-refractivity contribution is -0.111. The summed E-state index contributed by atoms with van der Waals surface area (Å²) in [6.07, 6.45) is 3.29. The molecule has 0 unspecified atom stereocenters. The van der Waals surface area contributed by atoms with Crippen LogP contribution in [0.25, 0.3) is 11.9 Å². The van der Waals surface area contributed by atoms with Crippen molar-refractivity contribution in [3.05, 3.63) is 59.1 Å². The molecule has 1 N–H and O–H groups in total. The highest BCUT2D eigenvalue weighted by molar-refractivity contribution is 6.03. The van der Waals surface area contributed by atoms with Crippen molar-refractivity contribution in [2.45, 2.75) is 34.6 Å². The number of carbonyl (C=O) groups is 1. The molecule has 0 aliphatic heterocycles. The molecule has 0 fully saturated rings. The number of nitrogens with zero attached hydrogens (tertiary/aromatic N) is 2. The number of carbonyl (C=O) groups excluding carboxylic acids is 1. The third-order valence-corrected chi connectivity index (χ3v) is 4.55. The van der Waals surface area contributed by atoms with E-state index >= 15 is 0 Å². The van der Waals surface area contributed by atoms with Gasteiger partial charge in [0.2, 0.25) is 5.91 Å². The number of hydrogen-bond acceptors (Lipinski definition) is 5. The van der Waals surface area contributed by atoms with Gasteiger partial charge in [-0.15, -0.1) is 0 Å². The molecule has 0 saturated heterocycles. The van der Waals surface area contributed by atoms with Crippen LogP contribution in [-0.4, -0.2) is 28.8 Å². The Morgan fingerprint density at radius 3 is 2.57 bits per heavy atom. The molecule has 30 heavy (non-hydrogen) atoms. The van der Waals surface area contributed by atoms with Crippen LogP contribution in [0.2, 0.25) is 0 Å². The molecule has 7 heteroatoms. The summed E-state index contributed by atoms with van der Waals surface area (Å²) in [5.41, 5.74) is 3.47. The highest BCUT2D eigenvalue weighted by Gasteiger charge is 2.13. The van der Waals surface area contributed by atoms with E-state index in [-0.39, 0.29) is 5.91 Å². The molecule has 0 aliphatic carbocycles. The van der Waals surface area contributed by atoms with Crippen LogP contribution in [0.5, 0.6) is 11.5 Å². The maximum absolute atomic E-state index is 12.6. The first-order chi connectivity index (χ1) is 14.4. The number of aryl methyl sites for hydroxylation is 2. The van der Waals surface area contributed by atoms with Crippen molar-refractivity contribution in [3.8, 4) is 17.3 Å². The van der Waals surface area contributed by atoms with Gasteiger partial charge in [-0.25, -0.2) is 0 Å². The molecule has 3 rings (SSSR count). The molecule has 0 saturated carbocycles. The summed E-state index contributed by atoms with van der Waals surface area (Å²) in [7, 11) is 0. The molecule has 0 spiro atoms. The second-order valence-corrected chi connectivity index (χ2v) is 6.80. The van der Waals surface area contributed by atoms with Crippen molar-refractivity contribution in [1.82, 2.24) is 9.72 Å². The van der Waals surface area contributed by atoms with Crippen molar-refractivity contribution in [2.75, 3.05) is 18.5 Å².